The van der Waals surface area contributed by atoms with Crippen molar-refractivity contribution < 1.29 is 17.9 Å². The Hall–Kier alpha value is -2.62. The van der Waals surface area contributed by atoms with E-state index in [9.17, 15) is 13.2 Å². The third kappa shape index (κ3) is 5.00. The van der Waals surface area contributed by atoms with Crippen molar-refractivity contribution in [1.29, 1.82) is 0 Å². The Morgan fingerprint density at radius 3 is 2.55 bits per heavy atom. The first-order chi connectivity index (χ1) is 14.6. The zero-order chi connectivity index (χ0) is 22.8. The molecule has 31 heavy (non-hydrogen) atoms. The molecule has 3 rings (SSSR count). The number of rotatable bonds is 7. The summed E-state index contributed by atoms with van der Waals surface area (Å²) in [6.07, 6.45) is 0. The predicted molar refractivity (Wildman–Crippen MR) is 124 cm³/mol. The SMILES string of the molecule is COc1ccc(S(=O)(=O)N(C)C)cc1NC(=O)CSc1cc(C)c2cccc(C)c2n1. The second-order valence-corrected chi connectivity index (χ2v) is 10.4. The molecule has 0 bridgehead atoms. The molecule has 0 atom stereocenters. The molecule has 1 N–H and O–H groups in total. The van der Waals surface area contributed by atoms with Crippen LogP contribution in [0.3, 0.4) is 0 Å². The van der Waals surface area contributed by atoms with Crippen LogP contribution in [0.4, 0.5) is 5.69 Å². The third-order valence-corrected chi connectivity index (χ3v) is 7.52. The van der Waals surface area contributed by atoms with E-state index in [1.807, 2.05) is 38.1 Å². The van der Waals surface area contributed by atoms with Gasteiger partial charge in [0.2, 0.25) is 15.9 Å². The minimum Gasteiger partial charge on any atom is -0.495 e. The Kier molecular flexibility index (Phi) is 6.88. The van der Waals surface area contributed by atoms with E-state index in [1.54, 1.807) is 0 Å². The van der Waals surface area contributed by atoms with Crippen molar-refractivity contribution >= 4 is 44.3 Å². The molecular weight excluding hydrogens is 434 g/mol. The van der Waals surface area contributed by atoms with Crippen LogP contribution in [0, 0.1) is 13.8 Å². The van der Waals surface area contributed by atoms with Crippen molar-refractivity contribution in [2.45, 2.75) is 23.8 Å². The monoisotopic (exact) mass is 459 g/mol. The maximum atomic E-state index is 12.6. The van der Waals surface area contributed by atoms with E-state index in [2.05, 4.69) is 10.3 Å². The lowest BCUT2D eigenvalue weighted by Gasteiger charge is -2.15. The molecule has 0 aliphatic carbocycles. The number of hydrogen-bond acceptors (Lipinski definition) is 6. The van der Waals surface area contributed by atoms with Crippen LogP contribution in [-0.4, -0.2) is 50.6 Å². The zero-order valence-electron chi connectivity index (χ0n) is 18.1. The van der Waals surface area contributed by atoms with E-state index < -0.39 is 10.0 Å². The maximum Gasteiger partial charge on any atom is 0.242 e. The lowest BCUT2D eigenvalue weighted by molar-refractivity contribution is -0.113. The summed E-state index contributed by atoms with van der Waals surface area (Å²) in [6.45, 7) is 4.03. The van der Waals surface area contributed by atoms with Gasteiger partial charge < -0.3 is 10.1 Å². The molecule has 0 saturated carbocycles. The van der Waals surface area contributed by atoms with Crippen LogP contribution in [-0.2, 0) is 14.8 Å². The number of nitrogens with one attached hydrogen (secondary N) is 1. The number of nitrogens with zero attached hydrogens (tertiary/aromatic N) is 2. The van der Waals surface area contributed by atoms with Crippen molar-refractivity contribution in [2.75, 3.05) is 32.3 Å². The molecular formula is C22H25N3O4S2. The zero-order valence-corrected chi connectivity index (χ0v) is 19.7. The Balaban J connectivity index is 1.78. The summed E-state index contributed by atoms with van der Waals surface area (Å²) in [5.74, 6) is 0.218. The average Bonchev–Trinajstić information content (AvgIpc) is 2.73. The number of sulfonamides is 1. The first-order valence-corrected chi connectivity index (χ1v) is 12.0. The molecule has 1 aromatic heterocycles. The fourth-order valence-electron chi connectivity index (χ4n) is 3.09. The van der Waals surface area contributed by atoms with E-state index in [4.69, 9.17) is 4.74 Å². The topological polar surface area (TPSA) is 88.6 Å². The molecule has 7 nitrogen and oxygen atoms in total. The average molecular weight is 460 g/mol. The molecule has 3 aromatic rings. The van der Waals surface area contributed by atoms with Gasteiger partial charge in [0.05, 0.1) is 34.0 Å². The van der Waals surface area contributed by atoms with Crippen LogP contribution in [0.15, 0.2) is 52.4 Å². The van der Waals surface area contributed by atoms with Crippen molar-refractivity contribution in [1.82, 2.24) is 9.29 Å². The number of ether oxygens (including phenoxy) is 1. The van der Waals surface area contributed by atoms with Gasteiger partial charge in [0.25, 0.3) is 0 Å². The summed E-state index contributed by atoms with van der Waals surface area (Å²) in [5, 5.41) is 4.60. The Morgan fingerprint density at radius 2 is 1.87 bits per heavy atom. The molecule has 0 unspecified atom stereocenters. The third-order valence-electron chi connectivity index (χ3n) is 4.80. The van der Waals surface area contributed by atoms with Crippen LogP contribution in [0.1, 0.15) is 11.1 Å². The highest BCUT2D eigenvalue weighted by Gasteiger charge is 2.20. The molecule has 164 valence electrons. The smallest absolute Gasteiger partial charge is 0.242 e. The predicted octanol–water partition coefficient (Wildman–Crippen LogP) is 3.84. The summed E-state index contributed by atoms with van der Waals surface area (Å²) >= 11 is 1.32. The molecule has 0 spiro atoms. The van der Waals surface area contributed by atoms with Gasteiger partial charge in [0.1, 0.15) is 5.75 Å². The van der Waals surface area contributed by atoms with Crippen molar-refractivity contribution in [2.24, 2.45) is 0 Å². The normalized spacial score (nSPS) is 11.7. The van der Waals surface area contributed by atoms with Crippen LogP contribution in [0.5, 0.6) is 5.75 Å². The summed E-state index contributed by atoms with van der Waals surface area (Å²) < 4.78 is 31.2. The van der Waals surface area contributed by atoms with Crippen LogP contribution < -0.4 is 10.1 Å². The Morgan fingerprint density at radius 1 is 1.13 bits per heavy atom. The van der Waals surface area contributed by atoms with Gasteiger partial charge in [0.15, 0.2) is 0 Å². The highest BCUT2D eigenvalue weighted by molar-refractivity contribution is 7.99. The van der Waals surface area contributed by atoms with Crippen LogP contribution in [0.2, 0.25) is 0 Å². The summed E-state index contributed by atoms with van der Waals surface area (Å²) in [5.41, 5.74) is 3.40. The van der Waals surface area contributed by atoms with Gasteiger partial charge >= 0.3 is 0 Å². The number of thioether (sulfide) groups is 1. The van der Waals surface area contributed by atoms with Gasteiger partial charge in [-0.05, 0) is 49.2 Å². The van der Waals surface area contributed by atoms with Gasteiger partial charge in [-0.2, -0.15) is 0 Å². The van der Waals surface area contributed by atoms with E-state index in [-0.39, 0.29) is 16.6 Å². The number of aryl methyl sites for hydroxylation is 2. The van der Waals surface area contributed by atoms with Crippen molar-refractivity contribution in [3.05, 3.63) is 53.6 Å². The Bertz CT molecular complexity index is 1240. The number of para-hydroxylation sites is 1. The number of benzene rings is 2. The lowest BCUT2D eigenvalue weighted by Crippen LogP contribution is -2.22. The summed E-state index contributed by atoms with van der Waals surface area (Å²) in [4.78, 5) is 17.3. The molecule has 0 aliphatic rings. The van der Waals surface area contributed by atoms with Crippen LogP contribution >= 0.6 is 11.8 Å². The van der Waals surface area contributed by atoms with E-state index in [0.29, 0.717) is 11.4 Å². The van der Waals surface area contributed by atoms with Gasteiger partial charge in [0, 0.05) is 19.5 Å². The number of hydrogen-bond donors (Lipinski definition) is 1. The number of fused-ring (bicyclic) bond motifs is 1. The second-order valence-electron chi connectivity index (χ2n) is 7.23. The van der Waals surface area contributed by atoms with E-state index >= 15 is 0 Å². The fourth-order valence-corrected chi connectivity index (χ4v) is 4.78. The number of carbonyl (C=O) groups is 1. The number of methoxy groups -OCH3 is 1. The Labute approximate surface area is 186 Å². The quantitative estimate of drug-likeness (QED) is 0.540. The first-order valence-electron chi connectivity index (χ1n) is 9.53. The molecule has 1 heterocycles. The number of amides is 1. The lowest BCUT2D eigenvalue weighted by atomic mass is 10.1. The summed E-state index contributed by atoms with van der Waals surface area (Å²) in [7, 11) is 0.735. The highest BCUT2D eigenvalue weighted by atomic mass is 32.2. The molecule has 1 amide bonds. The number of aromatic nitrogens is 1. The van der Waals surface area contributed by atoms with Gasteiger partial charge in [-0.3, -0.25) is 4.79 Å². The molecule has 9 heteroatoms. The second kappa shape index (κ2) is 9.25. The first kappa shape index (κ1) is 23.1. The number of anilines is 1. The van der Waals surface area contributed by atoms with Gasteiger partial charge in [-0.1, -0.05) is 30.0 Å². The number of carbonyl (C=O) groups excluding carboxylic acids is 1. The minimum absolute atomic E-state index is 0.0727. The minimum atomic E-state index is -3.63. The van der Waals surface area contributed by atoms with Gasteiger partial charge in [-0.15, -0.1) is 0 Å². The van der Waals surface area contributed by atoms with Gasteiger partial charge in [-0.25, -0.2) is 17.7 Å². The van der Waals surface area contributed by atoms with E-state index in [1.165, 1.54) is 51.2 Å². The molecule has 0 saturated heterocycles. The van der Waals surface area contributed by atoms with Crippen molar-refractivity contribution in [3.8, 4) is 5.75 Å². The standard InChI is InChI=1S/C22H25N3O4S2/c1-14-7-6-8-17-15(2)11-21(24-22(14)17)30-13-20(26)23-18-12-16(9-10-19(18)29-5)31(27,28)25(3)4/h6-12H,13H2,1-5H3,(H,23,26). The molecule has 0 radical (unpaired) electrons. The molecule has 0 fully saturated rings. The molecule has 2 aromatic carbocycles. The van der Waals surface area contributed by atoms with E-state index in [0.717, 1.165) is 31.4 Å². The summed E-state index contributed by atoms with van der Waals surface area (Å²) in [6, 6.07) is 12.4. The largest absolute Gasteiger partial charge is 0.495 e. The highest BCUT2D eigenvalue weighted by Crippen LogP contribution is 2.29. The van der Waals surface area contributed by atoms with Crippen LogP contribution in [0.25, 0.3) is 10.9 Å². The maximum absolute atomic E-state index is 12.6. The molecule has 0 aliphatic heterocycles. The van der Waals surface area contributed by atoms with Crippen molar-refractivity contribution in [3.63, 3.8) is 0 Å². The number of pyridine rings is 1. The fraction of sp³-hybridized carbons (Fsp3) is 0.273.